The minimum atomic E-state index is -0.833. The quantitative estimate of drug-likeness (QED) is 0.425. The Morgan fingerprint density at radius 1 is 1.16 bits per heavy atom. The van der Waals surface area contributed by atoms with Gasteiger partial charge in [0.2, 0.25) is 5.82 Å². The van der Waals surface area contributed by atoms with E-state index in [9.17, 15) is 10.1 Å². The number of nitriles is 1. The fourth-order valence-corrected chi connectivity index (χ4v) is 4.17. The van der Waals surface area contributed by atoms with Crippen LogP contribution >= 0.6 is 0 Å². The fraction of sp³-hybridized carbons (Fsp3) is 0.393. The van der Waals surface area contributed by atoms with E-state index in [4.69, 9.17) is 24.3 Å². The van der Waals surface area contributed by atoms with Crippen LogP contribution in [0.25, 0.3) is 22.8 Å². The van der Waals surface area contributed by atoms with Crippen LogP contribution < -0.4 is 4.74 Å². The van der Waals surface area contributed by atoms with Crippen molar-refractivity contribution in [3.05, 3.63) is 53.1 Å². The minimum absolute atomic E-state index is 0.0296. The van der Waals surface area contributed by atoms with E-state index in [0.29, 0.717) is 35.0 Å². The Balaban J connectivity index is 0.000000934. The third-order valence-corrected chi connectivity index (χ3v) is 5.78. The summed E-state index contributed by atoms with van der Waals surface area (Å²) in [5.41, 5.74) is 4.47. The van der Waals surface area contributed by atoms with Gasteiger partial charge in [-0.3, -0.25) is 14.5 Å². The highest BCUT2D eigenvalue weighted by atomic mass is 16.5. The van der Waals surface area contributed by atoms with Crippen molar-refractivity contribution in [3.63, 3.8) is 0 Å². The van der Waals surface area contributed by atoms with Gasteiger partial charge in [-0.2, -0.15) is 10.2 Å². The molecule has 0 bridgehead atoms. The molecule has 0 saturated heterocycles. The van der Waals surface area contributed by atoms with Crippen LogP contribution in [0.1, 0.15) is 56.7 Å². The lowest BCUT2D eigenvalue weighted by Gasteiger charge is -2.20. The highest BCUT2D eigenvalue weighted by molar-refractivity contribution is 5.66. The molecule has 10 heteroatoms. The molecule has 38 heavy (non-hydrogen) atoms. The first-order valence-electron chi connectivity index (χ1n) is 12.5. The number of aromatic nitrogens is 2. The highest BCUT2D eigenvalue weighted by Crippen LogP contribution is 2.29. The minimum Gasteiger partial charge on any atom is -0.490 e. The van der Waals surface area contributed by atoms with E-state index < -0.39 is 11.9 Å². The zero-order valence-electron chi connectivity index (χ0n) is 21.8. The average Bonchev–Trinajstić information content (AvgIpc) is 3.25. The summed E-state index contributed by atoms with van der Waals surface area (Å²) in [4.78, 5) is 26.7. The SMILES string of the molecule is CC(=O)O.CC(C)Oc1ccc(-c2nc(-c3ccc4c(c3)CCCN(CCCC(=O)O)C4)no2)cc1C#N. The van der Waals surface area contributed by atoms with Crippen molar-refractivity contribution in [2.45, 2.75) is 59.1 Å². The van der Waals surface area contributed by atoms with Crippen LogP contribution in [0.3, 0.4) is 0 Å². The third-order valence-electron chi connectivity index (χ3n) is 5.78. The van der Waals surface area contributed by atoms with Crippen molar-refractivity contribution in [1.29, 1.82) is 5.26 Å². The Morgan fingerprint density at radius 2 is 1.89 bits per heavy atom. The first kappa shape index (κ1) is 28.3. The number of aliphatic carboxylic acids is 2. The third kappa shape index (κ3) is 8.15. The molecule has 0 radical (unpaired) electrons. The van der Waals surface area contributed by atoms with E-state index in [1.54, 1.807) is 12.1 Å². The first-order chi connectivity index (χ1) is 18.2. The number of carboxylic acid groups (broad SMARTS) is 2. The van der Waals surface area contributed by atoms with Gasteiger partial charge in [-0.05, 0) is 81.6 Å². The van der Waals surface area contributed by atoms with Crippen LogP contribution in [0.4, 0.5) is 0 Å². The molecule has 10 nitrogen and oxygen atoms in total. The molecule has 0 amide bonds. The molecule has 1 aliphatic heterocycles. The van der Waals surface area contributed by atoms with E-state index in [1.165, 1.54) is 11.1 Å². The Bertz CT molecular complexity index is 1310. The normalized spacial score (nSPS) is 13.0. The van der Waals surface area contributed by atoms with Crippen LogP contribution in [0, 0.1) is 11.3 Å². The molecule has 3 aromatic rings. The first-order valence-corrected chi connectivity index (χ1v) is 12.5. The molecule has 0 spiro atoms. The number of benzene rings is 2. The summed E-state index contributed by atoms with van der Waals surface area (Å²) in [6, 6.07) is 13.6. The second-order valence-corrected chi connectivity index (χ2v) is 9.29. The van der Waals surface area contributed by atoms with Gasteiger partial charge in [0.1, 0.15) is 11.8 Å². The van der Waals surface area contributed by atoms with Gasteiger partial charge in [0.25, 0.3) is 11.9 Å². The molecule has 1 aromatic heterocycles. The maximum atomic E-state index is 10.8. The standard InChI is InChI=1S/C26H28N4O4.C2H4O2/c1-17(2)33-23-10-9-20(14-22(23)15-27)26-28-25(29-34-26)19-7-8-21-16-30(12-4-6-24(31)32)11-3-5-18(21)13-19;1-2(3)4/h7-10,13-14,17H,3-6,11-12,16H2,1-2H3,(H,31,32);1H3,(H,3,4). The van der Waals surface area contributed by atoms with Crippen molar-refractivity contribution in [2.75, 3.05) is 13.1 Å². The van der Waals surface area contributed by atoms with Gasteiger partial charge in [-0.25, -0.2) is 0 Å². The van der Waals surface area contributed by atoms with E-state index in [0.717, 1.165) is 45.0 Å². The topological polar surface area (TPSA) is 150 Å². The number of fused-ring (bicyclic) bond motifs is 1. The smallest absolute Gasteiger partial charge is 0.303 e. The molecule has 2 aromatic carbocycles. The second kappa shape index (κ2) is 13.4. The summed E-state index contributed by atoms with van der Waals surface area (Å²) < 4.78 is 11.2. The lowest BCUT2D eigenvalue weighted by molar-refractivity contribution is -0.137. The van der Waals surface area contributed by atoms with Crippen LogP contribution in [-0.4, -0.2) is 56.4 Å². The maximum Gasteiger partial charge on any atom is 0.303 e. The number of ether oxygens (including phenoxy) is 1. The van der Waals surface area contributed by atoms with E-state index >= 15 is 0 Å². The zero-order valence-corrected chi connectivity index (χ0v) is 21.8. The molecule has 0 aliphatic carbocycles. The number of aryl methyl sites for hydroxylation is 1. The van der Waals surface area contributed by atoms with E-state index in [1.807, 2.05) is 26.0 Å². The molecule has 4 rings (SSSR count). The van der Waals surface area contributed by atoms with E-state index in [-0.39, 0.29) is 12.5 Å². The summed E-state index contributed by atoms with van der Waals surface area (Å²) >= 11 is 0. The number of nitrogens with zero attached hydrogens (tertiary/aromatic N) is 4. The molecule has 1 aliphatic rings. The van der Waals surface area contributed by atoms with Gasteiger partial charge in [0.15, 0.2) is 0 Å². The molecule has 0 unspecified atom stereocenters. The summed E-state index contributed by atoms with van der Waals surface area (Å²) in [6.45, 7) is 7.46. The molecule has 0 saturated carbocycles. The van der Waals surface area contributed by atoms with Gasteiger partial charge in [-0.1, -0.05) is 17.3 Å². The molecular weight excluding hydrogens is 488 g/mol. The summed E-state index contributed by atoms with van der Waals surface area (Å²) in [5.74, 6) is -0.199. The predicted octanol–water partition coefficient (Wildman–Crippen LogP) is 4.77. The predicted molar refractivity (Wildman–Crippen MR) is 139 cm³/mol. The van der Waals surface area contributed by atoms with Crippen molar-refractivity contribution in [3.8, 4) is 34.7 Å². The number of carbonyl (C=O) groups is 2. The van der Waals surface area contributed by atoms with Crippen molar-refractivity contribution in [2.24, 2.45) is 0 Å². The number of hydrogen-bond donors (Lipinski definition) is 2. The Morgan fingerprint density at radius 3 is 2.58 bits per heavy atom. The van der Waals surface area contributed by atoms with Gasteiger partial charge in [0.05, 0.1) is 11.7 Å². The number of carboxylic acids is 2. The second-order valence-electron chi connectivity index (χ2n) is 9.29. The summed E-state index contributed by atoms with van der Waals surface area (Å²) in [6.07, 6.45) is 2.80. The fourth-order valence-electron chi connectivity index (χ4n) is 4.17. The molecular formula is C28H32N4O6. The Labute approximate surface area is 221 Å². The Kier molecular flexibility index (Phi) is 9.96. The molecule has 0 fully saturated rings. The summed E-state index contributed by atoms with van der Waals surface area (Å²) in [5, 5.41) is 30.0. The molecule has 0 atom stereocenters. The zero-order chi connectivity index (χ0) is 27.7. The average molecular weight is 521 g/mol. The Hall–Kier alpha value is -4.23. The van der Waals surface area contributed by atoms with Crippen LogP contribution in [-0.2, 0) is 22.6 Å². The van der Waals surface area contributed by atoms with Gasteiger partial charge < -0.3 is 19.5 Å². The van der Waals surface area contributed by atoms with Gasteiger partial charge >= 0.3 is 5.97 Å². The molecule has 200 valence electrons. The van der Waals surface area contributed by atoms with Gasteiger partial charge in [0, 0.05) is 31.0 Å². The molecule has 2 N–H and O–H groups in total. The van der Waals surface area contributed by atoms with Crippen molar-refractivity contribution in [1.82, 2.24) is 15.0 Å². The summed E-state index contributed by atoms with van der Waals surface area (Å²) in [7, 11) is 0. The lowest BCUT2D eigenvalue weighted by atomic mass is 10.0. The van der Waals surface area contributed by atoms with E-state index in [2.05, 4.69) is 33.2 Å². The molecule has 2 heterocycles. The monoisotopic (exact) mass is 520 g/mol. The van der Waals surface area contributed by atoms with Crippen LogP contribution in [0.15, 0.2) is 40.9 Å². The maximum absolute atomic E-state index is 10.8. The number of rotatable bonds is 8. The van der Waals surface area contributed by atoms with Crippen molar-refractivity contribution >= 4 is 11.9 Å². The number of hydrogen-bond acceptors (Lipinski definition) is 8. The van der Waals surface area contributed by atoms with Crippen LogP contribution in [0.2, 0.25) is 0 Å². The highest BCUT2D eigenvalue weighted by Gasteiger charge is 2.18. The van der Waals surface area contributed by atoms with Crippen molar-refractivity contribution < 1.29 is 29.1 Å². The van der Waals surface area contributed by atoms with Crippen LogP contribution in [0.5, 0.6) is 5.75 Å². The van der Waals surface area contributed by atoms with Gasteiger partial charge in [-0.15, -0.1) is 0 Å². The largest absolute Gasteiger partial charge is 0.490 e. The lowest BCUT2D eigenvalue weighted by Crippen LogP contribution is -2.24.